The van der Waals surface area contributed by atoms with E-state index in [9.17, 15) is 4.79 Å². The van der Waals surface area contributed by atoms with Gasteiger partial charge in [0.2, 0.25) is 0 Å². The van der Waals surface area contributed by atoms with Crippen molar-refractivity contribution in [1.29, 1.82) is 5.26 Å². The van der Waals surface area contributed by atoms with Gasteiger partial charge in [-0.2, -0.15) is 5.26 Å². The quantitative estimate of drug-likeness (QED) is 0.712. The standard InChI is InChI=1S/C10H11N3O2/c11-5-9-6-12-2-3-13(9)10(14)8-1-4-15-7-8/h1,4,7,9,12H,2-3,6H2. The molecule has 15 heavy (non-hydrogen) atoms. The molecule has 5 heteroatoms. The average molecular weight is 205 g/mol. The van der Waals surface area contributed by atoms with Crippen LogP contribution >= 0.6 is 0 Å². The van der Waals surface area contributed by atoms with Gasteiger partial charge in [-0.15, -0.1) is 0 Å². The molecule has 0 saturated carbocycles. The minimum Gasteiger partial charge on any atom is -0.472 e. The summed E-state index contributed by atoms with van der Waals surface area (Å²) in [6, 6.07) is 3.33. The van der Waals surface area contributed by atoms with Crippen LogP contribution in [0.25, 0.3) is 0 Å². The summed E-state index contributed by atoms with van der Waals surface area (Å²) >= 11 is 0. The molecular formula is C10H11N3O2. The molecule has 0 aromatic carbocycles. The zero-order valence-electron chi connectivity index (χ0n) is 8.14. The molecule has 0 bridgehead atoms. The maximum absolute atomic E-state index is 11.9. The zero-order chi connectivity index (χ0) is 10.7. The van der Waals surface area contributed by atoms with Gasteiger partial charge in [0.15, 0.2) is 0 Å². The van der Waals surface area contributed by atoms with Crippen LogP contribution in [0, 0.1) is 11.3 Å². The smallest absolute Gasteiger partial charge is 0.258 e. The predicted octanol–water partition coefficient (Wildman–Crippen LogP) is 0.217. The van der Waals surface area contributed by atoms with Gasteiger partial charge in [-0.1, -0.05) is 0 Å². The van der Waals surface area contributed by atoms with Crippen LogP contribution in [0.4, 0.5) is 0 Å². The maximum Gasteiger partial charge on any atom is 0.258 e. The summed E-state index contributed by atoms with van der Waals surface area (Å²) in [7, 11) is 0. The zero-order valence-corrected chi connectivity index (χ0v) is 8.14. The molecule has 1 unspecified atom stereocenters. The minimum absolute atomic E-state index is 0.142. The molecule has 0 radical (unpaired) electrons. The van der Waals surface area contributed by atoms with Crippen LogP contribution < -0.4 is 5.32 Å². The number of hydrogen-bond acceptors (Lipinski definition) is 4. The molecule has 2 heterocycles. The molecule has 0 spiro atoms. The Morgan fingerprint density at radius 2 is 2.60 bits per heavy atom. The summed E-state index contributed by atoms with van der Waals surface area (Å²) < 4.78 is 4.85. The number of piperazine rings is 1. The Kier molecular flexibility index (Phi) is 2.70. The lowest BCUT2D eigenvalue weighted by Crippen LogP contribution is -2.52. The number of rotatable bonds is 1. The van der Waals surface area contributed by atoms with E-state index in [1.165, 1.54) is 12.5 Å². The lowest BCUT2D eigenvalue weighted by atomic mass is 10.2. The Labute approximate surface area is 87.3 Å². The Morgan fingerprint density at radius 3 is 3.27 bits per heavy atom. The van der Waals surface area contributed by atoms with Crippen LogP contribution in [0.5, 0.6) is 0 Å². The van der Waals surface area contributed by atoms with Crippen LogP contribution in [-0.2, 0) is 0 Å². The topological polar surface area (TPSA) is 69.3 Å². The number of nitriles is 1. The molecule has 1 aromatic heterocycles. The number of carbonyl (C=O) groups is 1. The molecule has 1 aliphatic rings. The lowest BCUT2D eigenvalue weighted by Gasteiger charge is -2.31. The van der Waals surface area contributed by atoms with Crippen molar-refractivity contribution in [3.8, 4) is 6.07 Å². The molecule has 1 fully saturated rings. The highest BCUT2D eigenvalue weighted by molar-refractivity contribution is 5.94. The SMILES string of the molecule is N#CC1CNCCN1C(=O)c1ccoc1. The van der Waals surface area contributed by atoms with Gasteiger partial charge in [0.05, 0.1) is 17.9 Å². The van der Waals surface area contributed by atoms with E-state index in [2.05, 4.69) is 11.4 Å². The van der Waals surface area contributed by atoms with Crippen molar-refractivity contribution in [2.24, 2.45) is 0 Å². The first-order valence-electron chi connectivity index (χ1n) is 4.76. The van der Waals surface area contributed by atoms with Crippen molar-refractivity contribution in [1.82, 2.24) is 10.2 Å². The Bertz CT molecular complexity index is 380. The fourth-order valence-electron chi connectivity index (χ4n) is 1.61. The van der Waals surface area contributed by atoms with Crippen LogP contribution in [0.15, 0.2) is 23.0 Å². The molecule has 1 N–H and O–H groups in total. The monoisotopic (exact) mass is 205 g/mol. The van der Waals surface area contributed by atoms with E-state index < -0.39 is 0 Å². The van der Waals surface area contributed by atoms with Crippen LogP contribution in [0.3, 0.4) is 0 Å². The Morgan fingerprint density at radius 1 is 1.73 bits per heavy atom. The van der Waals surface area contributed by atoms with Gasteiger partial charge in [-0.25, -0.2) is 0 Å². The fraction of sp³-hybridized carbons (Fsp3) is 0.400. The molecule has 1 saturated heterocycles. The second kappa shape index (κ2) is 4.15. The number of furan rings is 1. The summed E-state index contributed by atoms with van der Waals surface area (Å²) in [6.07, 6.45) is 2.86. The highest BCUT2D eigenvalue weighted by Crippen LogP contribution is 2.10. The summed E-state index contributed by atoms with van der Waals surface area (Å²) in [4.78, 5) is 13.5. The molecule has 1 amide bonds. The van der Waals surface area contributed by atoms with Crippen LogP contribution in [0.1, 0.15) is 10.4 Å². The number of nitrogens with zero attached hydrogens (tertiary/aromatic N) is 2. The second-order valence-corrected chi connectivity index (χ2v) is 3.36. The van der Waals surface area contributed by atoms with E-state index in [0.717, 1.165) is 6.54 Å². The van der Waals surface area contributed by atoms with Crippen molar-refractivity contribution < 1.29 is 9.21 Å². The Balaban J connectivity index is 2.15. The molecule has 1 aliphatic heterocycles. The Hall–Kier alpha value is -1.80. The van der Waals surface area contributed by atoms with Gasteiger partial charge in [0.1, 0.15) is 12.3 Å². The first kappa shape index (κ1) is 9.74. The van der Waals surface area contributed by atoms with Crippen molar-refractivity contribution in [3.63, 3.8) is 0 Å². The van der Waals surface area contributed by atoms with Crippen molar-refractivity contribution in [2.45, 2.75) is 6.04 Å². The van der Waals surface area contributed by atoms with Gasteiger partial charge in [-0.3, -0.25) is 4.79 Å². The number of carbonyl (C=O) groups excluding carboxylic acids is 1. The number of hydrogen-bond donors (Lipinski definition) is 1. The van der Waals surface area contributed by atoms with Gasteiger partial charge in [0, 0.05) is 19.6 Å². The highest BCUT2D eigenvalue weighted by atomic mass is 16.3. The second-order valence-electron chi connectivity index (χ2n) is 3.36. The summed E-state index contributed by atoms with van der Waals surface area (Å²) in [5.41, 5.74) is 0.497. The molecule has 1 aromatic rings. The van der Waals surface area contributed by atoms with E-state index in [1.807, 2.05) is 0 Å². The van der Waals surface area contributed by atoms with E-state index in [-0.39, 0.29) is 11.9 Å². The highest BCUT2D eigenvalue weighted by Gasteiger charge is 2.27. The van der Waals surface area contributed by atoms with Gasteiger partial charge in [-0.05, 0) is 6.07 Å². The third-order valence-electron chi connectivity index (χ3n) is 2.42. The average Bonchev–Trinajstić information content (AvgIpc) is 2.81. The minimum atomic E-state index is -0.388. The van der Waals surface area contributed by atoms with Crippen molar-refractivity contribution >= 4 is 5.91 Å². The van der Waals surface area contributed by atoms with E-state index in [4.69, 9.17) is 9.68 Å². The predicted molar refractivity (Wildman–Crippen MR) is 52.0 cm³/mol. The van der Waals surface area contributed by atoms with Gasteiger partial charge in [0.25, 0.3) is 5.91 Å². The first-order valence-corrected chi connectivity index (χ1v) is 4.76. The van der Waals surface area contributed by atoms with Crippen LogP contribution in [-0.4, -0.2) is 36.5 Å². The normalized spacial score (nSPS) is 21.0. The summed E-state index contributed by atoms with van der Waals surface area (Å²) in [5.74, 6) is -0.142. The van der Waals surface area contributed by atoms with Crippen molar-refractivity contribution in [3.05, 3.63) is 24.2 Å². The largest absolute Gasteiger partial charge is 0.472 e. The fourth-order valence-corrected chi connectivity index (χ4v) is 1.61. The molecule has 0 aliphatic carbocycles. The molecule has 78 valence electrons. The van der Waals surface area contributed by atoms with Crippen LogP contribution in [0.2, 0.25) is 0 Å². The molecule has 2 rings (SSSR count). The van der Waals surface area contributed by atoms with Gasteiger partial charge >= 0.3 is 0 Å². The lowest BCUT2D eigenvalue weighted by molar-refractivity contribution is 0.0686. The third-order valence-corrected chi connectivity index (χ3v) is 2.42. The summed E-state index contributed by atoms with van der Waals surface area (Å²) in [5, 5.41) is 12.0. The van der Waals surface area contributed by atoms with E-state index >= 15 is 0 Å². The van der Waals surface area contributed by atoms with Crippen molar-refractivity contribution in [2.75, 3.05) is 19.6 Å². The number of amides is 1. The number of nitrogens with one attached hydrogen (secondary N) is 1. The molecule has 5 nitrogen and oxygen atoms in total. The summed E-state index contributed by atoms with van der Waals surface area (Å²) in [6.45, 7) is 1.81. The van der Waals surface area contributed by atoms with Gasteiger partial charge < -0.3 is 14.6 Å². The third kappa shape index (κ3) is 1.85. The molecule has 1 atom stereocenters. The van der Waals surface area contributed by atoms with E-state index in [1.54, 1.807) is 11.0 Å². The molecular weight excluding hydrogens is 194 g/mol. The van der Waals surface area contributed by atoms with E-state index in [0.29, 0.717) is 18.7 Å². The maximum atomic E-state index is 11.9. The first-order chi connectivity index (χ1) is 7.33.